The van der Waals surface area contributed by atoms with Crippen molar-refractivity contribution in [2.75, 3.05) is 5.32 Å². The number of rotatable bonds is 5. The summed E-state index contributed by atoms with van der Waals surface area (Å²) in [6.07, 6.45) is 6.89. The molecule has 0 aliphatic rings. The number of aromatic nitrogens is 2. The molecule has 0 saturated heterocycles. The third-order valence-corrected chi connectivity index (χ3v) is 2.63. The maximum Gasteiger partial charge on any atom is 0.337 e. The van der Waals surface area contributed by atoms with E-state index >= 15 is 0 Å². The number of amides is 1. The Morgan fingerprint density at radius 3 is 2.75 bits per heavy atom. The molecule has 2 aromatic rings. The van der Waals surface area contributed by atoms with Gasteiger partial charge < -0.3 is 10.4 Å². The van der Waals surface area contributed by atoms with Gasteiger partial charge in [0.2, 0.25) is 5.91 Å². The Balaban J connectivity index is 1.91. The minimum Gasteiger partial charge on any atom is -0.478 e. The van der Waals surface area contributed by atoms with Crippen LogP contribution < -0.4 is 5.32 Å². The molecule has 6 heteroatoms. The second-order valence-corrected chi connectivity index (χ2v) is 4.18. The fraction of sp³-hybridized carbons (Fsp3) is 0.143. The summed E-state index contributed by atoms with van der Waals surface area (Å²) in [5.41, 5.74) is 1.39. The Morgan fingerprint density at radius 1 is 1.20 bits per heavy atom. The van der Waals surface area contributed by atoms with Crippen molar-refractivity contribution in [3.63, 3.8) is 0 Å². The van der Waals surface area contributed by atoms with Gasteiger partial charge in [0.15, 0.2) is 0 Å². The summed E-state index contributed by atoms with van der Waals surface area (Å²) in [5, 5.41) is 11.5. The molecule has 2 aromatic heterocycles. The first-order valence-electron chi connectivity index (χ1n) is 6.02. The zero-order valence-corrected chi connectivity index (χ0v) is 10.6. The van der Waals surface area contributed by atoms with Gasteiger partial charge in [-0.2, -0.15) is 0 Å². The van der Waals surface area contributed by atoms with Gasteiger partial charge in [-0.1, -0.05) is 6.07 Å². The van der Waals surface area contributed by atoms with Crippen LogP contribution in [0.3, 0.4) is 0 Å². The molecule has 2 heterocycles. The number of carboxylic acids is 1. The van der Waals surface area contributed by atoms with Crippen LogP contribution in [0.1, 0.15) is 22.3 Å². The van der Waals surface area contributed by atoms with Crippen LogP contribution in [0.5, 0.6) is 0 Å². The van der Waals surface area contributed by atoms with Crippen molar-refractivity contribution in [1.29, 1.82) is 0 Å². The van der Waals surface area contributed by atoms with E-state index < -0.39 is 5.97 Å². The molecule has 2 rings (SSSR count). The van der Waals surface area contributed by atoms with Crippen LogP contribution in [-0.4, -0.2) is 27.0 Å². The van der Waals surface area contributed by atoms with E-state index in [1.807, 2.05) is 12.1 Å². The molecule has 1 amide bonds. The molecule has 0 fully saturated rings. The Bertz CT molecular complexity index is 614. The number of nitrogens with one attached hydrogen (secondary N) is 1. The Labute approximate surface area is 115 Å². The van der Waals surface area contributed by atoms with Gasteiger partial charge in [-0.05, 0) is 24.1 Å². The lowest BCUT2D eigenvalue weighted by molar-refractivity contribution is -0.116. The number of carbonyl (C=O) groups excluding carboxylic acids is 1. The Kier molecular flexibility index (Phi) is 4.39. The first-order valence-corrected chi connectivity index (χ1v) is 6.02. The van der Waals surface area contributed by atoms with Crippen molar-refractivity contribution in [3.05, 3.63) is 54.1 Å². The first kappa shape index (κ1) is 13.7. The molecule has 2 N–H and O–H groups in total. The van der Waals surface area contributed by atoms with E-state index in [0.717, 1.165) is 5.56 Å². The fourth-order valence-electron chi connectivity index (χ4n) is 1.65. The number of pyridine rings is 2. The topological polar surface area (TPSA) is 92.2 Å². The molecule has 20 heavy (non-hydrogen) atoms. The van der Waals surface area contributed by atoms with E-state index in [0.29, 0.717) is 18.5 Å². The SMILES string of the molecule is O=C(CCc1cccnc1)Nc1cncc(C(=O)O)c1. The first-order chi connectivity index (χ1) is 9.65. The molecule has 0 aromatic carbocycles. The molecular formula is C14H13N3O3. The lowest BCUT2D eigenvalue weighted by Gasteiger charge is -2.05. The van der Waals surface area contributed by atoms with Crippen LogP contribution in [0.2, 0.25) is 0 Å². The number of hydrogen-bond acceptors (Lipinski definition) is 4. The van der Waals surface area contributed by atoms with Crippen molar-refractivity contribution < 1.29 is 14.7 Å². The molecule has 0 bridgehead atoms. The lowest BCUT2D eigenvalue weighted by Crippen LogP contribution is -2.13. The van der Waals surface area contributed by atoms with Crippen molar-refractivity contribution in [2.45, 2.75) is 12.8 Å². The third-order valence-electron chi connectivity index (χ3n) is 2.63. The molecule has 6 nitrogen and oxygen atoms in total. The van der Waals surface area contributed by atoms with E-state index in [1.54, 1.807) is 12.4 Å². The van der Waals surface area contributed by atoms with Gasteiger partial charge in [-0.3, -0.25) is 14.8 Å². The van der Waals surface area contributed by atoms with Gasteiger partial charge in [-0.25, -0.2) is 4.79 Å². The van der Waals surface area contributed by atoms with E-state index in [9.17, 15) is 9.59 Å². The van der Waals surface area contributed by atoms with E-state index in [-0.39, 0.29) is 11.5 Å². The minimum absolute atomic E-state index is 0.0371. The summed E-state index contributed by atoms with van der Waals surface area (Å²) >= 11 is 0. The molecule has 0 radical (unpaired) electrons. The maximum absolute atomic E-state index is 11.8. The highest BCUT2D eigenvalue weighted by atomic mass is 16.4. The van der Waals surface area contributed by atoms with Crippen molar-refractivity contribution >= 4 is 17.6 Å². The van der Waals surface area contributed by atoms with Crippen molar-refractivity contribution in [1.82, 2.24) is 9.97 Å². The fourth-order valence-corrected chi connectivity index (χ4v) is 1.65. The molecule has 0 saturated carbocycles. The number of anilines is 1. The molecule has 0 unspecified atom stereocenters. The van der Waals surface area contributed by atoms with Gasteiger partial charge in [0.05, 0.1) is 17.4 Å². The summed E-state index contributed by atoms with van der Waals surface area (Å²) in [5.74, 6) is -1.28. The van der Waals surface area contributed by atoms with Crippen LogP contribution in [-0.2, 0) is 11.2 Å². The molecular weight excluding hydrogens is 258 g/mol. The highest BCUT2D eigenvalue weighted by Crippen LogP contribution is 2.09. The van der Waals surface area contributed by atoms with Gasteiger partial charge in [0.1, 0.15) is 0 Å². The third kappa shape index (κ3) is 3.88. The number of nitrogens with zero attached hydrogens (tertiary/aromatic N) is 2. The maximum atomic E-state index is 11.8. The van der Waals surface area contributed by atoms with Crippen LogP contribution in [0.15, 0.2) is 43.0 Å². The van der Waals surface area contributed by atoms with Crippen LogP contribution in [0, 0.1) is 0 Å². The normalized spacial score (nSPS) is 10.0. The lowest BCUT2D eigenvalue weighted by atomic mass is 10.1. The predicted molar refractivity (Wildman–Crippen MR) is 72.4 cm³/mol. The molecule has 0 aliphatic carbocycles. The number of hydrogen-bond donors (Lipinski definition) is 2. The van der Waals surface area contributed by atoms with E-state index in [4.69, 9.17) is 5.11 Å². The monoisotopic (exact) mass is 271 g/mol. The van der Waals surface area contributed by atoms with Crippen molar-refractivity contribution in [2.24, 2.45) is 0 Å². The van der Waals surface area contributed by atoms with Crippen LogP contribution in [0.25, 0.3) is 0 Å². The Hall–Kier alpha value is -2.76. The van der Waals surface area contributed by atoms with Crippen molar-refractivity contribution in [3.8, 4) is 0 Å². The highest BCUT2D eigenvalue weighted by Gasteiger charge is 2.07. The number of aryl methyl sites for hydroxylation is 1. The average Bonchev–Trinajstić information content (AvgIpc) is 2.46. The predicted octanol–water partition coefficient (Wildman–Crippen LogP) is 1.75. The summed E-state index contributed by atoms with van der Waals surface area (Å²) in [6.45, 7) is 0. The van der Waals surface area contributed by atoms with E-state index in [1.165, 1.54) is 18.5 Å². The second-order valence-electron chi connectivity index (χ2n) is 4.18. The smallest absolute Gasteiger partial charge is 0.337 e. The molecule has 0 spiro atoms. The van der Waals surface area contributed by atoms with Gasteiger partial charge >= 0.3 is 5.97 Å². The van der Waals surface area contributed by atoms with Crippen LogP contribution >= 0.6 is 0 Å². The summed E-state index contributed by atoms with van der Waals surface area (Å²) in [7, 11) is 0. The number of aromatic carboxylic acids is 1. The minimum atomic E-state index is -1.08. The van der Waals surface area contributed by atoms with Gasteiger partial charge in [-0.15, -0.1) is 0 Å². The zero-order chi connectivity index (χ0) is 14.4. The summed E-state index contributed by atoms with van der Waals surface area (Å²) < 4.78 is 0. The average molecular weight is 271 g/mol. The molecule has 0 atom stereocenters. The molecule has 0 aliphatic heterocycles. The number of carbonyl (C=O) groups is 2. The summed E-state index contributed by atoms with van der Waals surface area (Å²) in [4.78, 5) is 30.3. The van der Waals surface area contributed by atoms with Crippen LogP contribution in [0.4, 0.5) is 5.69 Å². The van der Waals surface area contributed by atoms with Gasteiger partial charge in [0.25, 0.3) is 0 Å². The van der Waals surface area contributed by atoms with Gasteiger partial charge in [0, 0.05) is 25.0 Å². The molecule has 102 valence electrons. The highest BCUT2D eigenvalue weighted by molar-refractivity contribution is 5.93. The standard InChI is InChI=1S/C14H13N3O3/c18-13(4-3-10-2-1-5-15-7-10)17-12-6-11(14(19)20)8-16-9-12/h1-2,5-9H,3-4H2,(H,17,18)(H,19,20). The second kappa shape index (κ2) is 6.42. The zero-order valence-electron chi connectivity index (χ0n) is 10.6. The van der Waals surface area contributed by atoms with E-state index in [2.05, 4.69) is 15.3 Å². The Morgan fingerprint density at radius 2 is 2.05 bits per heavy atom. The quantitative estimate of drug-likeness (QED) is 0.864. The summed E-state index contributed by atoms with van der Waals surface area (Å²) in [6, 6.07) is 5.08. The number of carboxylic acid groups (broad SMARTS) is 1. The largest absolute Gasteiger partial charge is 0.478 e.